The first-order valence-electron chi connectivity index (χ1n) is 6.25. The van der Waals surface area contributed by atoms with Gasteiger partial charge >= 0.3 is 0 Å². The molecule has 0 radical (unpaired) electrons. The van der Waals surface area contributed by atoms with E-state index in [2.05, 4.69) is 10.3 Å². The molecule has 0 aliphatic heterocycles. The molecule has 2 aromatic rings. The van der Waals surface area contributed by atoms with Crippen LogP contribution in [0, 0.1) is 6.92 Å². The lowest BCUT2D eigenvalue weighted by Crippen LogP contribution is -2.22. The first-order chi connectivity index (χ1) is 9.20. The zero-order valence-corrected chi connectivity index (χ0v) is 10.9. The molecule has 0 fully saturated rings. The minimum absolute atomic E-state index is 0.238. The van der Waals surface area contributed by atoms with Crippen LogP contribution in [-0.4, -0.2) is 34.5 Å². The minimum Gasteiger partial charge on any atom is -0.394 e. The normalized spacial score (nSPS) is 12.2. The van der Waals surface area contributed by atoms with Crippen molar-refractivity contribution < 1.29 is 10.2 Å². The SMILES string of the molecule is Cc1cccnc1-c1ccc(NCC(O)CO)cc1. The lowest BCUT2D eigenvalue weighted by molar-refractivity contribution is 0.105. The van der Waals surface area contributed by atoms with Gasteiger partial charge in [0.1, 0.15) is 0 Å². The monoisotopic (exact) mass is 258 g/mol. The molecule has 1 unspecified atom stereocenters. The van der Waals surface area contributed by atoms with E-state index in [1.54, 1.807) is 6.20 Å². The fourth-order valence-electron chi connectivity index (χ4n) is 1.83. The van der Waals surface area contributed by atoms with Crippen LogP contribution in [0.4, 0.5) is 5.69 Å². The molecule has 19 heavy (non-hydrogen) atoms. The quantitative estimate of drug-likeness (QED) is 0.765. The highest BCUT2D eigenvalue weighted by molar-refractivity contribution is 5.65. The van der Waals surface area contributed by atoms with E-state index in [1.165, 1.54) is 0 Å². The Morgan fingerprint density at radius 1 is 1.21 bits per heavy atom. The van der Waals surface area contributed by atoms with Gasteiger partial charge in [-0.05, 0) is 30.7 Å². The number of aromatic nitrogens is 1. The Bertz CT molecular complexity index is 526. The van der Waals surface area contributed by atoms with Crippen molar-refractivity contribution in [1.82, 2.24) is 4.98 Å². The standard InChI is InChI=1S/C15H18N2O2/c1-11-3-2-8-16-15(11)12-4-6-13(7-5-12)17-9-14(19)10-18/h2-8,14,17-19H,9-10H2,1H3. The van der Waals surface area contributed by atoms with Gasteiger partial charge in [-0.2, -0.15) is 0 Å². The van der Waals surface area contributed by atoms with Crippen LogP contribution in [0.25, 0.3) is 11.3 Å². The van der Waals surface area contributed by atoms with Crippen LogP contribution in [-0.2, 0) is 0 Å². The van der Waals surface area contributed by atoms with E-state index in [0.29, 0.717) is 6.54 Å². The van der Waals surface area contributed by atoms with E-state index in [1.807, 2.05) is 43.3 Å². The van der Waals surface area contributed by atoms with Crippen LogP contribution in [0.15, 0.2) is 42.6 Å². The van der Waals surface area contributed by atoms with Crippen LogP contribution in [0.2, 0.25) is 0 Å². The summed E-state index contributed by atoms with van der Waals surface area (Å²) >= 11 is 0. The molecule has 1 aromatic heterocycles. The van der Waals surface area contributed by atoms with Crippen LogP contribution < -0.4 is 5.32 Å². The largest absolute Gasteiger partial charge is 0.394 e. The summed E-state index contributed by atoms with van der Waals surface area (Å²) in [5, 5.41) is 21.1. The predicted molar refractivity (Wildman–Crippen MR) is 76.0 cm³/mol. The molecule has 0 aliphatic rings. The van der Waals surface area contributed by atoms with E-state index in [9.17, 15) is 5.11 Å². The Hall–Kier alpha value is -1.91. The van der Waals surface area contributed by atoms with E-state index >= 15 is 0 Å². The number of pyridine rings is 1. The molecule has 0 spiro atoms. The summed E-state index contributed by atoms with van der Waals surface area (Å²) in [6, 6.07) is 11.8. The minimum atomic E-state index is -0.738. The molecule has 0 aliphatic carbocycles. The molecule has 0 saturated carbocycles. The van der Waals surface area contributed by atoms with Crippen molar-refractivity contribution >= 4 is 5.69 Å². The number of hydrogen-bond donors (Lipinski definition) is 3. The molecule has 1 heterocycles. The Balaban J connectivity index is 2.09. The zero-order valence-electron chi connectivity index (χ0n) is 10.9. The van der Waals surface area contributed by atoms with Crippen molar-refractivity contribution in [2.45, 2.75) is 13.0 Å². The number of aliphatic hydroxyl groups excluding tert-OH is 2. The van der Waals surface area contributed by atoms with Crippen molar-refractivity contribution in [3.05, 3.63) is 48.2 Å². The van der Waals surface area contributed by atoms with Crippen LogP contribution >= 0.6 is 0 Å². The summed E-state index contributed by atoms with van der Waals surface area (Å²) in [5.74, 6) is 0. The van der Waals surface area contributed by atoms with Crippen molar-refractivity contribution in [2.24, 2.45) is 0 Å². The third-order valence-electron chi connectivity index (χ3n) is 2.92. The van der Waals surface area contributed by atoms with E-state index in [4.69, 9.17) is 5.11 Å². The summed E-state index contributed by atoms with van der Waals surface area (Å²) in [5.41, 5.74) is 4.08. The molecule has 2 rings (SSSR count). The first-order valence-corrected chi connectivity index (χ1v) is 6.25. The molecule has 1 atom stereocenters. The maximum atomic E-state index is 9.27. The topological polar surface area (TPSA) is 65.4 Å². The third kappa shape index (κ3) is 3.53. The Morgan fingerprint density at radius 2 is 1.95 bits per heavy atom. The highest BCUT2D eigenvalue weighted by Crippen LogP contribution is 2.22. The van der Waals surface area contributed by atoms with Gasteiger partial charge < -0.3 is 15.5 Å². The van der Waals surface area contributed by atoms with Crippen molar-refractivity contribution in [1.29, 1.82) is 0 Å². The van der Waals surface area contributed by atoms with Crippen molar-refractivity contribution in [2.75, 3.05) is 18.5 Å². The molecule has 0 amide bonds. The number of rotatable bonds is 5. The number of aliphatic hydroxyl groups is 2. The number of nitrogens with one attached hydrogen (secondary N) is 1. The highest BCUT2D eigenvalue weighted by Gasteiger charge is 2.04. The van der Waals surface area contributed by atoms with Crippen LogP contribution in [0.1, 0.15) is 5.56 Å². The molecule has 4 heteroatoms. The van der Waals surface area contributed by atoms with Crippen LogP contribution in [0.5, 0.6) is 0 Å². The van der Waals surface area contributed by atoms with Gasteiger partial charge in [-0.1, -0.05) is 18.2 Å². The van der Waals surface area contributed by atoms with Gasteiger partial charge in [0.15, 0.2) is 0 Å². The summed E-state index contributed by atoms with van der Waals surface area (Å²) in [6.07, 6.45) is 1.05. The summed E-state index contributed by atoms with van der Waals surface area (Å²) in [7, 11) is 0. The number of anilines is 1. The van der Waals surface area contributed by atoms with Gasteiger partial charge in [0.25, 0.3) is 0 Å². The van der Waals surface area contributed by atoms with Gasteiger partial charge in [0.2, 0.25) is 0 Å². The Kier molecular flexibility index (Phi) is 4.49. The molecule has 100 valence electrons. The fourth-order valence-corrected chi connectivity index (χ4v) is 1.83. The lowest BCUT2D eigenvalue weighted by Gasteiger charge is -2.11. The van der Waals surface area contributed by atoms with Gasteiger partial charge in [0, 0.05) is 24.0 Å². The molecular weight excluding hydrogens is 240 g/mol. The lowest BCUT2D eigenvalue weighted by atomic mass is 10.1. The highest BCUT2D eigenvalue weighted by atomic mass is 16.3. The number of benzene rings is 1. The van der Waals surface area contributed by atoms with Crippen molar-refractivity contribution in [3.8, 4) is 11.3 Å². The zero-order chi connectivity index (χ0) is 13.7. The number of aryl methyl sites for hydroxylation is 1. The predicted octanol–water partition coefficient (Wildman–Crippen LogP) is 1.82. The maximum Gasteiger partial charge on any atom is 0.0942 e. The number of nitrogens with zero attached hydrogens (tertiary/aromatic N) is 1. The molecule has 0 saturated heterocycles. The Morgan fingerprint density at radius 3 is 2.58 bits per heavy atom. The second-order valence-corrected chi connectivity index (χ2v) is 4.46. The van der Waals surface area contributed by atoms with E-state index in [-0.39, 0.29) is 6.61 Å². The average Bonchev–Trinajstić information content (AvgIpc) is 2.46. The van der Waals surface area contributed by atoms with E-state index in [0.717, 1.165) is 22.5 Å². The fraction of sp³-hybridized carbons (Fsp3) is 0.267. The van der Waals surface area contributed by atoms with Crippen molar-refractivity contribution in [3.63, 3.8) is 0 Å². The van der Waals surface area contributed by atoms with Crippen LogP contribution in [0.3, 0.4) is 0 Å². The molecule has 0 bridgehead atoms. The molecule has 4 nitrogen and oxygen atoms in total. The molecular formula is C15H18N2O2. The smallest absolute Gasteiger partial charge is 0.0942 e. The van der Waals surface area contributed by atoms with Gasteiger partial charge in [-0.15, -0.1) is 0 Å². The maximum absolute atomic E-state index is 9.27. The number of hydrogen-bond acceptors (Lipinski definition) is 4. The summed E-state index contributed by atoms with van der Waals surface area (Å²) in [6.45, 7) is 2.13. The second kappa shape index (κ2) is 6.31. The Labute approximate surface area is 112 Å². The third-order valence-corrected chi connectivity index (χ3v) is 2.92. The van der Waals surface area contributed by atoms with Gasteiger partial charge in [-0.25, -0.2) is 0 Å². The molecule has 1 aromatic carbocycles. The second-order valence-electron chi connectivity index (χ2n) is 4.46. The summed E-state index contributed by atoms with van der Waals surface area (Å²) in [4.78, 5) is 4.37. The first kappa shape index (κ1) is 13.5. The average molecular weight is 258 g/mol. The van der Waals surface area contributed by atoms with E-state index < -0.39 is 6.10 Å². The van der Waals surface area contributed by atoms with Gasteiger partial charge in [-0.3, -0.25) is 4.98 Å². The van der Waals surface area contributed by atoms with Gasteiger partial charge in [0.05, 0.1) is 18.4 Å². The summed E-state index contributed by atoms with van der Waals surface area (Å²) < 4.78 is 0. The molecule has 3 N–H and O–H groups in total.